The fourth-order valence-electron chi connectivity index (χ4n) is 3.34. The van der Waals surface area contributed by atoms with E-state index in [1.165, 1.54) is 11.3 Å². The van der Waals surface area contributed by atoms with Gasteiger partial charge in [-0.1, -0.05) is 41.9 Å². The van der Waals surface area contributed by atoms with Gasteiger partial charge in [-0.05, 0) is 18.2 Å². The van der Waals surface area contributed by atoms with Crippen LogP contribution in [0.3, 0.4) is 0 Å². The standard InChI is InChI=1S/C21H20ClN3O2S/c22-17-6-2-1-5-16(17)21-23-15(14-28-21)13-20(27)25-11-9-24(10-12-25)18-7-3-4-8-19(18)26/h1-8,14,26H,9-13H2. The lowest BCUT2D eigenvalue weighted by Gasteiger charge is -2.36. The molecule has 3 aromatic rings. The van der Waals surface area contributed by atoms with Crippen LogP contribution in [-0.4, -0.2) is 47.1 Å². The molecule has 0 atom stereocenters. The van der Waals surface area contributed by atoms with Crippen molar-refractivity contribution < 1.29 is 9.90 Å². The molecule has 1 saturated heterocycles. The van der Waals surface area contributed by atoms with Crippen molar-refractivity contribution in [1.82, 2.24) is 9.88 Å². The zero-order valence-corrected chi connectivity index (χ0v) is 16.8. The maximum atomic E-state index is 12.7. The fourth-order valence-corrected chi connectivity index (χ4v) is 4.48. The quantitative estimate of drug-likeness (QED) is 0.700. The number of para-hydroxylation sites is 2. The number of thiazole rings is 1. The number of halogens is 1. The Bertz CT molecular complexity index is 983. The molecule has 0 spiro atoms. The third kappa shape index (κ3) is 3.98. The molecule has 5 nitrogen and oxygen atoms in total. The zero-order chi connectivity index (χ0) is 19.5. The van der Waals surface area contributed by atoms with Gasteiger partial charge in [0.05, 0.1) is 22.8 Å². The molecule has 1 aromatic heterocycles. The van der Waals surface area contributed by atoms with Gasteiger partial charge in [0.2, 0.25) is 5.91 Å². The number of anilines is 1. The Labute approximate surface area is 172 Å². The average molecular weight is 414 g/mol. The highest BCUT2D eigenvalue weighted by Crippen LogP contribution is 2.30. The number of carbonyl (C=O) groups is 1. The van der Waals surface area contributed by atoms with E-state index in [2.05, 4.69) is 9.88 Å². The number of nitrogens with zero attached hydrogens (tertiary/aromatic N) is 3. The lowest BCUT2D eigenvalue weighted by molar-refractivity contribution is -0.130. The molecular weight excluding hydrogens is 394 g/mol. The second-order valence-electron chi connectivity index (χ2n) is 6.66. The number of phenolic OH excluding ortho intramolecular Hbond substituents is 1. The molecule has 7 heteroatoms. The van der Waals surface area contributed by atoms with Gasteiger partial charge >= 0.3 is 0 Å². The van der Waals surface area contributed by atoms with E-state index in [4.69, 9.17) is 11.6 Å². The van der Waals surface area contributed by atoms with E-state index in [1.807, 2.05) is 52.7 Å². The van der Waals surface area contributed by atoms with E-state index >= 15 is 0 Å². The summed E-state index contributed by atoms with van der Waals surface area (Å²) in [4.78, 5) is 21.3. The summed E-state index contributed by atoms with van der Waals surface area (Å²) in [5.41, 5.74) is 2.48. The average Bonchev–Trinajstić information content (AvgIpc) is 3.17. The van der Waals surface area contributed by atoms with Crippen LogP contribution in [0.1, 0.15) is 5.69 Å². The Morgan fingerprint density at radius 3 is 2.54 bits per heavy atom. The van der Waals surface area contributed by atoms with Crippen molar-refractivity contribution in [2.24, 2.45) is 0 Å². The third-order valence-electron chi connectivity index (χ3n) is 4.84. The van der Waals surface area contributed by atoms with Crippen molar-refractivity contribution in [1.29, 1.82) is 0 Å². The number of amides is 1. The number of aromatic nitrogens is 1. The molecule has 144 valence electrons. The molecule has 4 rings (SSSR count). The summed E-state index contributed by atoms with van der Waals surface area (Å²) in [5, 5.41) is 13.4. The molecule has 28 heavy (non-hydrogen) atoms. The first-order chi connectivity index (χ1) is 13.6. The first kappa shape index (κ1) is 18.8. The minimum atomic E-state index is 0.0768. The molecule has 2 heterocycles. The lowest BCUT2D eigenvalue weighted by atomic mass is 10.2. The molecule has 1 amide bonds. The minimum Gasteiger partial charge on any atom is -0.506 e. The number of hydrogen-bond donors (Lipinski definition) is 1. The molecule has 2 aromatic carbocycles. The number of benzene rings is 2. The molecule has 0 bridgehead atoms. The summed E-state index contributed by atoms with van der Waals surface area (Å²) in [7, 11) is 0. The number of carbonyl (C=O) groups excluding carboxylic acids is 1. The first-order valence-corrected chi connectivity index (χ1v) is 10.4. The maximum absolute atomic E-state index is 12.7. The summed E-state index contributed by atoms with van der Waals surface area (Å²) >= 11 is 7.74. The number of rotatable bonds is 4. The Hall–Kier alpha value is -2.57. The number of aromatic hydroxyl groups is 1. The molecule has 1 aliphatic rings. The van der Waals surface area contributed by atoms with E-state index in [-0.39, 0.29) is 18.1 Å². The highest BCUT2D eigenvalue weighted by Gasteiger charge is 2.23. The van der Waals surface area contributed by atoms with Crippen molar-refractivity contribution in [3.8, 4) is 16.3 Å². The Balaban J connectivity index is 1.37. The molecule has 0 unspecified atom stereocenters. The second kappa shape index (κ2) is 8.20. The van der Waals surface area contributed by atoms with E-state index in [9.17, 15) is 9.90 Å². The third-order valence-corrected chi connectivity index (χ3v) is 6.10. The number of piperazine rings is 1. The van der Waals surface area contributed by atoms with Gasteiger partial charge in [0.15, 0.2) is 0 Å². The van der Waals surface area contributed by atoms with Crippen LogP contribution < -0.4 is 4.90 Å². The molecular formula is C21H20ClN3O2S. The molecule has 1 N–H and O–H groups in total. The van der Waals surface area contributed by atoms with Crippen molar-refractivity contribution in [3.05, 3.63) is 64.6 Å². The van der Waals surface area contributed by atoms with Crippen LogP contribution in [-0.2, 0) is 11.2 Å². The molecule has 0 saturated carbocycles. The van der Waals surface area contributed by atoms with Crippen molar-refractivity contribution >= 4 is 34.5 Å². The normalized spacial score (nSPS) is 14.3. The van der Waals surface area contributed by atoms with Crippen LogP contribution in [0.2, 0.25) is 5.02 Å². The van der Waals surface area contributed by atoms with Crippen molar-refractivity contribution in [2.45, 2.75) is 6.42 Å². The summed E-state index contributed by atoms with van der Waals surface area (Å²) in [6.45, 7) is 2.67. The molecule has 0 aliphatic carbocycles. The van der Waals surface area contributed by atoms with Gasteiger partial charge in [0.1, 0.15) is 10.8 Å². The summed E-state index contributed by atoms with van der Waals surface area (Å²) < 4.78 is 0. The van der Waals surface area contributed by atoms with Crippen molar-refractivity contribution in [2.75, 3.05) is 31.1 Å². The molecule has 1 fully saturated rings. The Kier molecular flexibility index (Phi) is 5.50. The van der Waals surface area contributed by atoms with Gasteiger partial charge in [0, 0.05) is 37.1 Å². The minimum absolute atomic E-state index is 0.0768. The van der Waals surface area contributed by atoms with Gasteiger partial charge in [-0.15, -0.1) is 11.3 Å². The SMILES string of the molecule is O=C(Cc1csc(-c2ccccc2Cl)n1)N1CCN(c2ccccc2O)CC1. The predicted octanol–water partition coefficient (Wildman–Crippen LogP) is 4.06. The largest absolute Gasteiger partial charge is 0.506 e. The Morgan fingerprint density at radius 2 is 1.79 bits per heavy atom. The highest BCUT2D eigenvalue weighted by molar-refractivity contribution is 7.13. The van der Waals surface area contributed by atoms with Crippen LogP contribution in [0.5, 0.6) is 5.75 Å². The smallest absolute Gasteiger partial charge is 0.228 e. The van der Waals surface area contributed by atoms with E-state index in [0.29, 0.717) is 31.2 Å². The van der Waals surface area contributed by atoms with Gasteiger partial charge in [-0.2, -0.15) is 0 Å². The number of hydrogen-bond acceptors (Lipinski definition) is 5. The second-order valence-corrected chi connectivity index (χ2v) is 7.92. The van der Waals surface area contributed by atoms with E-state index in [1.54, 1.807) is 6.07 Å². The van der Waals surface area contributed by atoms with Crippen LogP contribution in [0.4, 0.5) is 5.69 Å². The summed E-state index contributed by atoms with van der Waals surface area (Å²) in [6.07, 6.45) is 0.289. The van der Waals surface area contributed by atoms with Gasteiger partial charge in [0.25, 0.3) is 0 Å². The van der Waals surface area contributed by atoms with Crippen LogP contribution >= 0.6 is 22.9 Å². The van der Waals surface area contributed by atoms with E-state index < -0.39 is 0 Å². The summed E-state index contributed by atoms with van der Waals surface area (Å²) in [6, 6.07) is 14.9. The lowest BCUT2D eigenvalue weighted by Crippen LogP contribution is -2.49. The van der Waals surface area contributed by atoms with Crippen LogP contribution in [0.25, 0.3) is 10.6 Å². The monoisotopic (exact) mass is 413 g/mol. The zero-order valence-electron chi connectivity index (χ0n) is 15.2. The fraction of sp³-hybridized carbons (Fsp3) is 0.238. The Morgan fingerprint density at radius 1 is 1.07 bits per heavy atom. The highest BCUT2D eigenvalue weighted by atomic mass is 35.5. The van der Waals surface area contributed by atoms with Crippen LogP contribution in [0.15, 0.2) is 53.9 Å². The molecule has 1 aliphatic heterocycles. The van der Waals surface area contributed by atoms with Crippen molar-refractivity contribution in [3.63, 3.8) is 0 Å². The van der Waals surface area contributed by atoms with Gasteiger partial charge in [-0.3, -0.25) is 4.79 Å². The number of phenols is 1. The topological polar surface area (TPSA) is 56.7 Å². The summed E-state index contributed by atoms with van der Waals surface area (Å²) in [5.74, 6) is 0.352. The van der Waals surface area contributed by atoms with Gasteiger partial charge in [-0.25, -0.2) is 4.98 Å². The predicted molar refractivity (Wildman–Crippen MR) is 113 cm³/mol. The van der Waals surface area contributed by atoms with E-state index in [0.717, 1.165) is 22.0 Å². The first-order valence-electron chi connectivity index (χ1n) is 9.12. The van der Waals surface area contributed by atoms with Crippen LogP contribution in [0, 0.1) is 0 Å². The maximum Gasteiger partial charge on any atom is 0.228 e. The molecule has 0 radical (unpaired) electrons. The van der Waals surface area contributed by atoms with Gasteiger partial charge < -0.3 is 14.9 Å².